The van der Waals surface area contributed by atoms with Gasteiger partial charge in [0.2, 0.25) is 5.91 Å². The average Bonchev–Trinajstić information content (AvgIpc) is 2.35. The number of hydrogen-bond donors (Lipinski definition) is 2. The summed E-state index contributed by atoms with van der Waals surface area (Å²) in [6.07, 6.45) is -4.54. The molecule has 0 aliphatic carbocycles. The molecule has 5 nitrogen and oxygen atoms in total. The number of alkyl halides is 3. The lowest BCUT2D eigenvalue weighted by Crippen LogP contribution is -2.33. The van der Waals surface area contributed by atoms with Crippen molar-refractivity contribution < 1.29 is 26.4 Å². The minimum absolute atomic E-state index is 0.126. The number of halogens is 3. The van der Waals surface area contributed by atoms with Gasteiger partial charge in [0.25, 0.3) is 0 Å². The van der Waals surface area contributed by atoms with Crippen LogP contribution in [0.2, 0.25) is 0 Å². The maximum absolute atomic E-state index is 12.3. The fourth-order valence-corrected chi connectivity index (χ4v) is 2.53. The van der Waals surface area contributed by atoms with Crippen LogP contribution in [0.25, 0.3) is 0 Å². The number of nitrogens with two attached hydrogens (primary N) is 1. The molecule has 0 saturated heterocycles. The monoisotopic (exact) mass is 310 g/mol. The summed E-state index contributed by atoms with van der Waals surface area (Å²) >= 11 is 0. The Morgan fingerprint density at radius 2 is 1.75 bits per heavy atom. The largest absolute Gasteiger partial charge is 0.416 e. The van der Waals surface area contributed by atoms with E-state index in [-0.39, 0.29) is 18.0 Å². The van der Waals surface area contributed by atoms with E-state index in [0.29, 0.717) is 12.1 Å². The maximum atomic E-state index is 12.3. The molecule has 0 saturated carbocycles. The summed E-state index contributed by atoms with van der Waals surface area (Å²) in [4.78, 5) is 11.0. The van der Waals surface area contributed by atoms with Gasteiger partial charge in [0, 0.05) is 13.1 Å². The quantitative estimate of drug-likeness (QED) is 0.831. The lowest BCUT2D eigenvalue weighted by atomic mass is 10.2. The molecule has 0 aliphatic rings. The van der Waals surface area contributed by atoms with E-state index in [1.807, 2.05) is 0 Å². The van der Waals surface area contributed by atoms with E-state index in [9.17, 15) is 26.4 Å². The van der Waals surface area contributed by atoms with Crippen molar-refractivity contribution in [2.24, 2.45) is 5.73 Å². The third-order valence-electron chi connectivity index (χ3n) is 2.33. The first-order valence-corrected chi connectivity index (χ1v) is 7.19. The molecule has 0 fully saturated rings. The Morgan fingerprint density at radius 3 is 2.20 bits per heavy atom. The SMILES string of the molecule is NCCNC(=O)CS(=O)(=O)c1ccc(C(F)(F)F)cc1. The van der Waals surface area contributed by atoms with E-state index >= 15 is 0 Å². The molecule has 0 aromatic heterocycles. The Kier molecular flexibility index (Phi) is 5.12. The molecule has 0 unspecified atom stereocenters. The number of carbonyl (C=O) groups excluding carboxylic acids is 1. The van der Waals surface area contributed by atoms with E-state index in [4.69, 9.17) is 5.73 Å². The first-order chi connectivity index (χ1) is 9.16. The maximum Gasteiger partial charge on any atom is 0.416 e. The zero-order valence-corrected chi connectivity index (χ0v) is 11.1. The van der Waals surface area contributed by atoms with E-state index in [2.05, 4.69) is 5.32 Å². The summed E-state index contributed by atoms with van der Waals surface area (Å²) in [6, 6.07) is 2.97. The van der Waals surface area contributed by atoms with E-state index in [0.717, 1.165) is 12.1 Å². The van der Waals surface area contributed by atoms with Crippen LogP contribution in [0.4, 0.5) is 13.2 Å². The van der Waals surface area contributed by atoms with Gasteiger partial charge in [0.05, 0.1) is 10.5 Å². The van der Waals surface area contributed by atoms with Crippen LogP contribution >= 0.6 is 0 Å². The van der Waals surface area contributed by atoms with Crippen molar-refractivity contribution >= 4 is 15.7 Å². The van der Waals surface area contributed by atoms with Crippen molar-refractivity contribution in [1.29, 1.82) is 0 Å². The van der Waals surface area contributed by atoms with E-state index < -0.39 is 33.2 Å². The van der Waals surface area contributed by atoms with Crippen molar-refractivity contribution in [3.8, 4) is 0 Å². The predicted molar refractivity (Wildman–Crippen MR) is 65.6 cm³/mol. The van der Waals surface area contributed by atoms with Crippen LogP contribution in [0.15, 0.2) is 29.2 Å². The molecule has 0 atom stereocenters. The van der Waals surface area contributed by atoms with E-state index in [1.54, 1.807) is 0 Å². The Balaban J connectivity index is 2.86. The smallest absolute Gasteiger partial charge is 0.354 e. The van der Waals surface area contributed by atoms with Gasteiger partial charge < -0.3 is 11.1 Å². The molecule has 20 heavy (non-hydrogen) atoms. The van der Waals surface area contributed by atoms with Crippen LogP contribution in [0.1, 0.15) is 5.56 Å². The second kappa shape index (κ2) is 6.23. The van der Waals surface area contributed by atoms with Gasteiger partial charge in [-0.2, -0.15) is 13.2 Å². The third kappa shape index (κ3) is 4.49. The zero-order valence-electron chi connectivity index (χ0n) is 10.3. The standard InChI is InChI=1S/C11H13F3N2O3S/c12-11(13,14)8-1-3-9(4-2-8)20(18,19)7-10(17)16-6-5-15/h1-4H,5-7,15H2,(H,16,17). The molecule has 1 aromatic rings. The highest BCUT2D eigenvalue weighted by Gasteiger charge is 2.30. The van der Waals surface area contributed by atoms with Gasteiger partial charge in [-0.15, -0.1) is 0 Å². The van der Waals surface area contributed by atoms with Gasteiger partial charge in [-0.1, -0.05) is 0 Å². The fraction of sp³-hybridized carbons (Fsp3) is 0.364. The van der Waals surface area contributed by atoms with E-state index in [1.165, 1.54) is 0 Å². The summed E-state index contributed by atoms with van der Waals surface area (Å²) in [5, 5.41) is 2.27. The zero-order chi connectivity index (χ0) is 15.4. The lowest BCUT2D eigenvalue weighted by molar-refractivity contribution is -0.137. The molecule has 1 rings (SSSR count). The molecular formula is C11H13F3N2O3S. The molecule has 1 amide bonds. The number of carbonyl (C=O) groups is 1. The number of nitrogens with one attached hydrogen (secondary N) is 1. The van der Waals surface area contributed by atoms with Gasteiger partial charge in [0.1, 0.15) is 5.75 Å². The first kappa shape index (κ1) is 16.4. The summed E-state index contributed by atoms with van der Waals surface area (Å²) in [5.74, 6) is -1.59. The lowest BCUT2D eigenvalue weighted by Gasteiger charge is -2.08. The second-order valence-electron chi connectivity index (χ2n) is 3.92. The number of hydrogen-bond acceptors (Lipinski definition) is 4. The van der Waals surface area contributed by atoms with Crippen LogP contribution in [0.3, 0.4) is 0 Å². The van der Waals surface area contributed by atoms with Crippen molar-refractivity contribution in [3.05, 3.63) is 29.8 Å². The fourth-order valence-electron chi connectivity index (χ4n) is 1.37. The van der Waals surface area contributed by atoms with Crippen LogP contribution in [-0.2, 0) is 20.8 Å². The predicted octanol–water partition coefficient (Wildman–Crippen LogP) is 0.554. The second-order valence-corrected chi connectivity index (χ2v) is 5.91. The molecule has 9 heteroatoms. The normalized spacial score (nSPS) is 12.2. The minimum atomic E-state index is -4.54. The summed E-state index contributed by atoms with van der Waals surface area (Å²) in [6.45, 7) is 0.285. The number of amides is 1. The Labute approximate surface area is 113 Å². The van der Waals surface area contributed by atoms with Gasteiger partial charge >= 0.3 is 6.18 Å². The average molecular weight is 310 g/mol. The topological polar surface area (TPSA) is 89.3 Å². The van der Waals surface area contributed by atoms with Crippen molar-refractivity contribution in [3.63, 3.8) is 0 Å². The summed E-state index contributed by atoms with van der Waals surface area (Å²) < 4.78 is 60.6. The summed E-state index contributed by atoms with van der Waals surface area (Å²) in [5.41, 5.74) is 4.18. The van der Waals surface area contributed by atoms with Crippen LogP contribution in [-0.4, -0.2) is 33.2 Å². The van der Waals surface area contributed by atoms with Crippen LogP contribution in [0.5, 0.6) is 0 Å². The van der Waals surface area contributed by atoms with Gasteiger partial charge in [-0.05, 0) is 24.3 Å². The molecule has 0 bridgehead atoms. The Bertz CT molecular complexity index is 568. The van der Waals surface area contributed by atoms with Gasteiger partial charge in [-0.25, -0.2) is 8.42 Å². The number of rotatable bonds is 5. The Morgan fingerprint density at radius 1 is 1.20 bits per heavy atom. The first-order valence-electron chi connectivity index (χ1n) is 5.53. The molecule has 3 N–H and O–H groups in total. The highest BCUT2D eigenvalue weighted by molar-refractivity contribution is 7.92. The van der Waals surface area contributed by atoms with Crippen molar-refractivity contribution in [2.75, 3.05) is 18.8 Å². The van der Waals surface area contributed by atoms with Gasteiger partial charge in [-0.3, -0.25) is 4.79 Å². The summed E-state index contributed by atoms with van der Waals surface area (Å²) in [7, 11) is -3.97. The Hall–Kier alpha value is -1.61. The molecular weight excluding hydrogens is 297 g/mol. The molecule has 1 aromatic carbocycles. The molecule has 0 spiro atoms. The van der Waals surface area contributed by atoms with Crippen LogP contribution < -0.4 is 11.1 Å². The van der Waals surface area contributed by atoms with Crippen LogP contribution in [0, 0.1) is 0 Å². The van der Waals surface area contributed by atoms with Crippen molar-refractivity contribution in [1.82, 2.24) is 5.32 Å². The number of sulfone groups is 1. The van der Waals surface area contributed by atoms with Crippen molar-refractivity contribution in [2.45, 2.75) is 11.1 Å². The number of benzene rings is 1. The highest BCUT2D eigenvalue weighted by atomic mass is 32.2. The molecule has 112 valence electrons. The third-order valence-corrected chi connectivity index (χ3v) is 3.96. The molecule has 0 aliphatic heterocycles. The molecule has 0 heterocycles. The molecule has 0 radical (unpaired) electrons. The highest BCUT2D eigenvalue weighted by Crippen LogP contribution is 2.29. The minimum Gasteiger partial charge on any atom is -0.354 e. The van der Waals surface area contributed by atoms with Gasteiger partial charge in [0.15, 0.2) is 9.84 Å².